The Kier molecular flexibility index (Phi) is 4.97. The van der Waals surface area contributed by atoms with E-state index in [4.69, 9.17) is 9.26 Å². The van der Waals surface area contributed by atoms with Crippen LogP contribution in [0, 0.1) is 25.5 Å². The quantitative estimate of drug-likeness (QED) is 0.734. The zero-order chi connectivity index (χ0) is 18.7. The Labute approximate surface area is 148 Å². The first-order chi connectivity index (χ1) is 12.4. The second kappa shape index (κ2) is 7.35. The van der Waals surface area contributed by atoms with Gasteiger partial charge in [-0.2, -0.15) is 0 Å². The molecule has 7 heteroatoms. The summed E-state index contributed by atoms with van der Waals surface area (Å²) in [5, 5.41) is 6.37. The smallest absolute Gasteiger partial charge is 0.255 e. The molecule has 0 unspecified atom stereocenters. The van der Waals surface area contributed by atoms with Gasteiger partial charge in [0.05, 0.1) is 11.3 Å². The summed E-state index contributed by atoms with van der Waals surface area (Å²) in [6, 6.07) is 9.63. The molecule has 26 heavy (non-hydrogen) atoms. The number of benzene rings is 2. The van der Waals surface area contributed by atoms with Crippen molar-refractivity contribution >= 4 is 11.6 Å². The lowest BCUT2D eigenvalue weighted by Crippen LogP contribution is -2.12. The van der Waals surface area contributed by atoms with Crippen LogP contribution in [0.3, 0.4) is 0 Å². The van der Waals surface area contributed by atoms with Crippen molar-refractivity contribution in [3.8, 4) is 5.75 Å². The maximum absolute atomic E-state index is 13.2. The van der Waals surface area contributed by atoms with Crippen LogP contribution in [0.5, 0.6) is 5.75 Å². The number of hydrogen-bond acceptors (Lipinski definition) is 4. The van der Waals surface area contributed by atoms with Crippen molar-refractivity contribution in [2.75, 3.05) is 5.32 Å². The number of aromatic nitrogens is 1. The minimum absolute atomic E-state index is 0.174. The highest BCUT2D eigenvalue weighted by molar-refractivity contribution is 6.04. The van der Waals surface area contributed by atoms with Crippen LogP contribution >= 0.6 is 0 Å². The fourth-order valence-corrected chi connectivity index (χ4v) is 2.34. The standard InChI is InChI=1S/C19H16F2N2O3/c1-11-16(12(2)26-23-11)10-25-15-6-3-13(4-7-15)19(24)22-14-5-8-17(20)18(21)9-14/h3-9H,10H2,1-2H3,(H,22,24). The van der Waals surface area contributed by atoms with Crippen LogP contribution in [-0.2, 0) is 6.61 Å². The number of aryl methyl sites for hydroxylation is 2. The van der Waals surface area contributed by atoms with E-state index in [1.165, 1.54) is 6.07 Å². The summed E-state index contributed by atoms with van der Waals surface area (Å²) < 4.78 is 36.9. The third kappa shape index (κ3) is 3.88. The number of halogens is 2. The predicted octanol–water partition coefficient (Wildman–Crippen LogP) is 4.40. The molecule has 3 aromatic rings. The number of nitrogens with zero attached hydrogens (tertiary/aromatic N) is 1. The van der Waals surface area contributed by atoms with Crippen LogP contribution in [0.1, 0.15) is 27.4 Å². The topological polar surface area (TPSA) is 64.4 Å². The fourth-order valence-electron chi connectivity index (χ4n) is 2.34. The van der Waals surface area contributed by atoms with E-state index in [9.17, 15) is 13.6 Å². The van der Waals surface area contributed by atoms with Gasteiger partial charge in [-0.25, -0.2) is 8.78 Å². The molecular formula is C19H16F2N2O3. The Hall–Kier alpha value is -3.22. The summed E-state index contributed by atoms with van der Waals surface area (Å²) in [6.45, 7) is 3.95. The second-order valence-electron chi connectivity index (χ2n) is 5.70. The molecule has 0 bridgehead atoms. The highest BCUT2D eigenvalue weighted by Gasteiger charge is 2.11. The SMILES string of the molecule is Cc1noc(C)c1COc1ccc(C(=O)Nc2ccc(F)c(F)c2)cc1. The number of carbonyl (C=O) groups excluding carboxylic acids is 1. The van der Waals surface area contributed by atoms with E-state index in [2.05, 4.69) is 10.5 Å². The maximum atomic E-state index is 13.2. The van der Waals surface area contributed by atoms with Gasteiger partial charge < -0.3 is 14.6 Å². The van der Waals surface area contributed by atoms with Crippen molar-refractivity contribution in [2.24, 2.45) is 0 Å². The highest BCUT2D eigenvalue weighted by Crippen LogP contribution is 2.19. The fraction of sp³-hybridized carbons (Fsp3) is 0.158. The van der Waals surface area contributed by atoms with Crippen molar-refractivity contribution in [3.63, 3.8) is 0 Å². The first-order valence-corrected chi connectivity index (χ1v) is 7.85. The van der Waals surface area contributed by atoms with Crippen molar-refractivity contribution in [3.05, 3.63) is 76.7 Å². The molecule has 0 aliphatic heterocycles. The molecule has 1 aromatic heterocycles. The molecule has 0 aliphatic carbocycles. The van der Waals surface area contributed by atoms with Gasteiger partial charge in [-0.1, -0.05) is 5.16 Å². The van der Waals surface area contributed by atoms with E-state index in [0.29, 0.717) is 23.7 Å². The number of rotatable bonds is 5. The van der Waals surface area contributed by atoms with Gasteiger partial charge in [-0.15, -0.1) is 0 Å². The van der Waals surface area contributed by atoms with Crippen LogP contribution in [0.15, 0.2) is 47.0 Å². The van der Waals surface area contributed by atoms with Crippen molar-refractivity contribution in [1.29, 1.82) is 0 Å². The lowest BCUT2D eigenvalue weighted by Gasteiger charge is -2.08. The Morgan fingerprint density at radius 2 is 1.85 bits per heavy atom. The molecule has 1 heterocycles. The summed E-state index contributed by atoms with van der Waals surface area (Å²) in [4.78, 5) is 12.2. The molecule has 0 fully saturated rings. The van der Waals surface area contributed by atoms with Gasteiger partial charge in [0.1, 0.15) is 18.1 Å². The zero-order valence-corrected chi connectivity index (χ0v) is 14.2. The average molecular weight is 358 g/mol. The molecule has 0 aliphatic rings. The van der Waals surface area contributed by atoms with Gasteiger partial charge in [-0.3, -0.25) is 4.79 Å². The summed E-state index contributed by atoms with van der Waals surface area (Å²) in [5.41, 5.74) is 2.18. The number of nitrogens with one attached hydrogen (secondary N) is 1. The van der Waals surface area contributed by atoms with Gasteiger partial charge in [0, 0.05) is 17.3 Å². The van der Waals surface area contributed by atoms with E-state index in [1.807, 2.05) is 13.8 Å². The van der Waals surface area contributed by atoms with Gasteiger partial charge in [0.2, 0.25) is 0 Å². The van der Waals surface area contributed by atoms with E-state index >= 15 is 0 Å². The van der Waals surface area contributed by atoms with E-state index < -0.39 is 17.5 Å². The number of carbonyl (C=O) groups is 1. The van der Waals surface area contributed by atoms with Gasteiger partial charge >= 0.3 is 0 Å². The van der Waals surface area contributed by atoms with Gasteiger partial charge in [0.15, 0.2) is 11.6 Å². The molecule has 0 saturated heterocycles. The van der Waals surface area contributed by atoms with Crippen LogP contribution in [0.4, 0.5) is 14.5 Å². The lowest BCUT2D eigenvalue weighted by molar-refractivity contribution is 0.102. The first-order valence-electron chi connectivity index (χ1n) is 7.85. The Morgan fingerprint density at radius 3 is 2.46 bits per heavy atom. The summed E-state index contributed by atoms with van der Waals surface area (Å²) in [6.07, 6.45) is 0. The molecule has 1 amide bonds. The van der Waals surface area contributed by atoms with E-state index in [-0.39, 0.29) is 5.69 Å². The molecule has 3 rings (SSSR count). The molecule has 134 valence electrons. The van der Waals surface area contributed by atoms with Crippen molar-refractivity contribution in [1.82, 2.24) is 5.16 Å². The number of hydrogen-bond donors (Lipinski definition) is 1. The van der Waals surface area contributed by atoms with Gasteiger partial charge in [0.25, 0.3) is 5.91 Å². The monoisotopic (exact) mass is 358 g/mol. The molecule has 0 saturated carbocycles. The number of anilines is 1. The Morgan fingerprint density at radius 1 is 1.12 bits per heavy atom. The first kappa shape index (κ1) is 17.6. The summed E-state index contributed by atoms with van der Waals surface area (Å²) >= 11 is 0. The van der Waals surface area contributed by atoms with Crippen LogP contribution in [0.2, 0.25) is 0 Å². The largest absolute Gasteiger partial charge is 0.489 e. The normalized spacial score (nSPS) is 10.6. The molecule has 0 radical (unpaired) electrons. The number of amides is 1. The predicted molar refractivity (Wildman–Crippen MR) is 91.1 cm³/mol. The molecule has 1 N–H and O–H groups in total. The van der Waals surface area contributed by atoms with E-state index in [0.717, 1.165) is 23.4 Å². The van der Waals surface area contributed by atoms with Crippen LogP contribution in [-0.4, -0.2) is 11.1 Å². The molecular weight excluding hydrogens is 342 g/mol. The average Bonchev–Trinajstić information content (AvgIpc) is 2.95. The summed E-state index contributed by atoms with van der Waals surface area (Å²) in [7, 11) is 0. The molecule has 0 atom stereocenters. The van der Waals surface area contributed by atoms with E-state index in [1.54, 1.807) is 24.3 Å². The van der Waals surface area contributed by atoms with Crippen LogP contribution < -0.4 is 10.1 Å². The second-order valence-corrected chi connectivity index (χ2v) is 5.70. The summed E-state index contributed by atoms with van der Waals surface area (Å²) in [5.74, 6) is -1.15. The highest BCUT2D eigenvalue weighted by atomic mass is 19.2. The third-order valence-electron chi connectivity index (χ3n) is 3.86. The minimum atomic E-state index is -1.02. The Balaban J connectivity index is 1.63. The number of ether oxygens (including phenoxy) is 1. The minimum Gasteiger partial charge on any atom is -0.489 e. The van der Waals surface area contributed by atoms with Crippen molar-refractivity contribution < 1.29 is 22.8 Å². The van der Waals surface area contributed by atoms with Crippen molar-refractivity contribution in [2.45, 2.75) is 20.5 Å². The molecule has 5 nitrogen and oxygen atoms in total. The Bertz CT molecular complexity index is 917. The zero-order valence-electron chi connectivity index (χ0n) is 14.2. The third-order valence-corrected chi connectivity index (χ3v) is 3.86. The lowest BCUT2D eigenvalue weighted by atomic mass is 10.2. The molecule has 2 aromatic carbocycles. The van der Waals surface area contributed by atoms with Gasteiger partial charge in [-0.05, 0) is 50.2 Å². The molecule has 0 spiro atoms. The van der Waals surface area contributed by atoms with Crippen LogP contribution in [0.25, 0.3) is 0 Å². The maximum Gasteiger partial charge on any atom is 0.255 e.